The molecule has 0 bridgehead atoms. The molecular weight excluding hydrogens is 272 g/mol. The zero-order valence-corrected chi connectivity index (χ0v) is 11.0. The summed E-state index contributed by atoms with van der Waals surface area (Å²) < 4.78 is 1.63. The van der Waals surface area contributed by atoms with E-state index in [1.807, 2.05) is 42.5 Å². The fraction of sp³-hybridized carbons (Fsp3) is 0. The molecule has 2 heterocycles. The van der Waals surface area contributed by atoms with Crippen LogP contribution in [0.5, 0.6) is 0 Å². The molecule has 0 fully saturated rings. The van der Waals surface area contributed by atoms with Crippen LogP contribution in [0.3, 0.4) is 0 Å². The molecular formula is C13H8N6S. The van der Waals surface area contributed by atoms with Gasteiger partial charge in [-0.15, -0.1) is 5.10 Å². The first kappa shape index (κ1) is 12.3. The smallest absolute Gasteiger partial charge is 0.220 e. The number of hydrogen-bond donors (Lipinski definition) is 0. The van der Waals surface area contributed by atoms with E-state index in [1.54, 1.807) is 16.8 Å². The number of rotatable bonds is 3. The average molecular weight is 280 g/mol. The second-order valence-electron chi connectivity index (χ2n) is 3.78. The van der Waals surface area contributed by atoms with E-state index in [0.29, 0.717) is 15.9 Å². The number of pyridine rings is 1. The molecule has 0 aliphatic heterocycles. The minimum Gasteiger partial charge on any atom is -0.230 e. The average Bonchev–Trinajstić information content (AvgIpc) is 2.96. The third-order valence-corrected chi connectivity index (χ3v) is 3.35. The molecule has 0 radical (unpaired) electrons. The molecule has 0 atom stereocenters. The largest absolute Gasteiger partial charge is 0.230 e. The molecule has 20 heavy (non-hydrogen) atoms. The summed E-state index contributed by atoms with van der Waals surface area (Å²) in [6, 6.07) is 16.9. The second-order valence-corrected chi connectivity index (χ2v) is 4.77. The summed E-state index contributed by atoms with van der Waals surface area (Å²) in [6.45, 7) is 0. The maximum absolute atomic E-state index is 8.85. The van der Waals surface area contributed by atoms with Gasteiger partial charge < -0.3 is 0 Å². The number of nitriles is 1. The van der Waals surface area contributed by atoms with E-state index in [0.717, 1.165) is 5.69 Å². The number of hydrogen-bond acceptors (Lipinski definition) is 6. The summed E-state index contributed by atoms with van der Waals surface area (Å²) in [7, 11) is 0. The molecule has 96 valence electrons. The highest BCUT2D eigenvalue weighted by atomic mass is 32.2. The molecule has 6 nitrogen and oxygen atoms in total. The summed E-state index contributed by atoms with van der Waals surface area (Å²) in [6.07, 6.45) is 0. The predicted octanol–water partition coefficient (Wildman–Crippen LogP) is 2.08. The molecule has 0 saturated carbocycles. The van der Waals surface area contributed by atoms with Gasteiger partial charge in [0, 0.05) is 0 Å². The standard InChI is InChI=1S/C13H8N6S/c14-9-10-5-4-8-12(15-10)20-13-16-17-18-19(13)11-6-2-1-3-7-11/h1-8H. The van der Waals surface area contributed by atoms with Crippen molar-refractivity contribution in [3.8, 4) is 11.8 Å². The molecule has 0 spiro atoms. The van der Waals surface area contributed by atoms with Crippen LogP contribution in [0.1, 0.15) is 5.69 Å². The molecule has 3 rings (SSSR count). The zero-order valence-electron chi connectivity index (χ0n) is 10.2. The van der Waals surface area contributed by atoms with Crippen molar-refractivity contribution < 1.29 is 0 Å². The summed E-state index contributed by atoms with van der Waals surface area (Å²) in [5.74, 6) is 0. The number of aromatic nitrogens is 5. The molecule has 1 aromatic carbocycles. The normalized spacial score (nSPS) is 10.2. The van der Waals surface area contributed by atoms with Crippen LogP contribution in [0.4, 0.5) is 0 Å². The molecule has 0 aliphatic carbocycles. The zero-order chi connectivity index (χ0) is 13.8. The van der Waals surface area contributed by atoms with Crippen molar-refractivity contribution >= 4 is 11.8 Å². The van der Waals surface area contributed by atoms with E-state index in [1.165, 1.54) is 11.8 Å². The van der Waals surface area contributed by atoms with Crippen LogP contribution in [-0.4, -0.2) is 25.2 Å². The minimum absolute atomic E-state index is 0.369. The fourth-order valence-corrected chi connectivity index (χ4v) is 2.38. The second kappa shape index (κ2) is 5.50. The van der Waals surface area contributed by atoms with Crippen molar-refractivity contribution in [2.45, 2.75) is 10.2 Å². The van der Waals surface area contributed by atoms with E-state index in [4.69, 9.17) is 5.26 Å². The number of benzene rings is 1. The van der Waals surface area contributed by atoms with E-state index in [9.17, 15) is 0 Å². The fourth-order valence-electron chi connectivity index (χ4n) is 1.60. The highest BCUT2D eigenvalue weighted by Gasteiger charge is 2.10. The Bertz CT molecular complexity index is 762. The summed E-state index contributed by atoms with van der Waals surface area (Å²) in [5.41, 5.74) is 1.24. The van der Waals surface area contributed by atoms with Crippen molar-refractivity contribution in [1.82, 2.24) is 25.2 Å². The lowest BCUT2D eigenvalue weighted by atomic mass is 10.3. The van der Waals surface area contributed by atoms with Crippen molar-refractivity contribution in [2.24, 2.45) is 0 Å². The first-order valence-corrected chi connectivity index (χ1v) is 6.57. The molecule has 0 amide bonds. The first-order chi connectivity index (χ1) is 9.86. The van der Waals surface area contributed by atoms with Gasteiger partial charge in [0.05, 0.1) is 5.69 Å². The van der Waals surface area contributed by atoms with Crippen molar-refractivity contribution in [1.29, 1.82) is 5.26 Å². The van der Waals surface area contributed by atoms with Gasteiger partial charge in [-0.1, -0.05) is 24.3 Å². The summed E-state index contributed by atoms with van der Waals surface area (Å²) in [5, 5.41) is 21.8. The quantitative estimate of drug-likeness (QED) is 0.730. The molecule has 0 saturated heterocycles. The monoisotopic (exact) mass is 280 g/mol. The van der Waals surface area contributed by atoms with E-state index < -0.39 is 0 Å². The van der Waals surface area contributed by atoms with Crippen molar-refractivity contribution in [3.05, 3.63) is 54.2 Å². The lowest BCUT2D eigenvalue weighted by Crippen LogP contribution is -1.98. The molecule has 0 N–H and O–H groups in total. The molecule has 3 aromatic rings. The Morgan fingerprint density at radius 3 is 2.70 bits per heavy atom. The topological polar surface area (TPSA) is 80.3 Å². The van der Waals surface area contributed by atoms with Crippen molar-refractivity contribution in [2.75, 3.05) is 0 Å². The maximum Gasteiger partial charge on any atom is 0.220 e. The molecule has 2 aromatic heterocycles. The van der Waals surface area contributed by atoms with E-state index in [2.05, 4.69) is 20.5 Å². The molecule has 0 unspecified atom stereocenters. The van der Waals surface area contributed by atoms with Crippen LogP contribution >= 0.6 is 11.8 Å². The van der Waals surface area contributed by atoms with Gasteiger partial charge in [-0.05, 0) is 46.5 Å². The molecule has 0 aliphatic rings. The predicted molar refractivity (Wildman–Crippen MR) is 72.2 cm³/mol. The Kier molecular flexibility index (Phi) is 3.39. The number of para-hydroxylation sites is 1. The van der Waals surface area contributed by atoms with E-state index in [-0.39, 0.29) is 0 Å². The lowest BCUT2D eigenvalue weighted by Gasteiger charge is -2.03. The highest BCUT2D eigenvalue weighted by molar-refractivity contribution is 7.99. The van der Waals surface area contributed by atoms with Crippen LogP contribution in [0.25, 0.3) is 5.69 Å². The van der Waals surface area contributed by atoms with Crippen molar-refractivity contribution in [3.63, 3.8) is 0 Å². The van der Waals surface area contributed by atoms with Gasteiger partial charge in [0.15, 0.2) is 0 Å². The Labute approximate surface area is 119 Å². The van der Waals surface area contributed by atoms with Gasteiger partial charge in [0.25, 0.3) is 0 Å². The third kappa shape index (κ3) is 2.50. The Balaban J connectivity index is 1.93. The van der Waals surface area contributed by atoms with Gasteiger partial charge in [0.2, 0.25) is 5.16 Å². The Morgan fingerprint density at radius 2 is 1.90 bits per heavy atom. The van der Waals surface area contributed by atoms with Gasteiger partial charge >= 0.3 is 0 Å². The van der Waals surface area contributed by atoms with Gasteiger partial charge in [-0.25, -0.2) is 4.98 Å². The maximum atomic E-state index is 8.85. The number of nitrogens with zero attached hydrogens (tertiary/aromatic N) is 6. The highest BCUT2D eigenvalue weighted by Crippen LogP contribution is 2.25. The van der Waals surface area contributed by atoms with Gasteiger partial charge in [0.1, 0.15) is 16.8 Å². The van der Waals surface area contributed by atoms with Crippen LogP contribution in [0.2, 0.25) is 0 Å². The van der Waals surface area contributed by atoms with Crippen LogP contribution in [-0.2, 0) is 0 Å². The SMILES string of the molecule is N#Cc1cccc(Sc2nnnn2-c2ccccc2)n1. The third-order valence-electron chi connectivity index (χ3n) is 2.48. The number of tetrazole rings is 1. The lowest BCUT2D eigenvalue weighted by molar-refractivity contribution is 0.756. The Morgan fingerprint density at radius 1 is 1.05 bits per heavy atom. The first-order valence-electron chi connectivity index (χ1n) is 5.75. The van der Waals surface area contributed by atoms with Crippen LogP contribution in [0.15, 0.2) is 58.7 Å². The van der Waals surface area contributed by atoms with Gasteiger partial charge in [-0.3, -0.25) is 0 Å². The van der Waals surface area contributed by atoms with E-state index >= 15 is 0 Å². The molecule has 7 heteroatoms. The van der Waals surface area contributed by atoms with Crippen LogP contribution < -0.4 is 0 Å². The van der Waals surface area contributed by atoms with Crippen LogP contribution in [0, 0.1) is 11.3 Å². The summed E-state index contributed by atoms with van der Waals surface area (Å²) in [4.78, 5) is 4.19. The minimum atomic E-state index is 0.369. The van der Waals surface area contributed by atoms with Gasteiger partial charge in [-0.2, -0.15) is 9.94 Å². The summed E-state index contributed by atoms with van der Waals surface area (Å²) >= 11 is 1.31. The Hall–Kier alpha value is -2.72.